The van der Waals surface area contributed by atoms with E-state index in [4.69, 9.17) is 0 Å². The normalized spacial score (nSPS) is 24.8. The summed E-state index contributed by atoms with van der Waals surface area (Å²) in [5, 5.41) is 0. The van der Waals surface area contributed by atoms with Crippen molar-refractivity contribution >= 4 is 0 Å². The standard InChI is InChI=1S/4C8H11.Hf/c4*1-7(2)8-5-3-4-6-8;/h4*3-7H,1-2H3;. The van der Waals surface area contributed by atoms with Crippen molar-refractivity contribution in [2.24, 2.45) is 23.7 Å². The summed E-state index contributed by atoms with van der Waals surface area (Å²) >= 11 is -4.06. The van der Waals surface area contributed by atoms with E-state index >= 15 is 0 Å². The summed E-state index contributed by atoms with van der Waals surface area (Å²) in [6, 6.07) is 0. The van der Waals surface area contributed by atoms with Crippen molar-refractivity contribution in [1.29, 1.82) is 0 Å². The third kappa shape index (κ3) is 2.84. The van der Waals surface area contributed by atoms with Crippen LogP contribution in [0.5, 0.6) is 0 Å². The van der Waals surface area contributed by atoms with Crippen LogP contribution in [0.3, 0.4) is 0 Å². The van der Waals surface area contributed by atoms with Crippen LogP contribution in [-0.4, -0.2) is 0 Å². The molecular weight excluding hydrogens is 563 g/mol. The van der Waals surface area contributed by atoms with E-state index in [1.807, 2.05) is 0 Å². The van der Waals surface area contributed by atoms with Gasteiger partial charge in [-0.2, -0.15) is 0 Å². The summed E-state index contributed by atoms with van der Waals surface area (Å²) in [7, 11) is 0. The first-order chi connectivity index (χ1) is 15.6. The van der Waals surface area contributed by atoms with Gasteiger partial charge in [-0.05, 0) is 0 Å². The van der Waals surface area contributed by atoms with Crippen molar-refractivity contribution < 1.29 is 20.0 Å². The molecule has 0 saturated carbocycles. The summed E-state index contributed by atoms with van der Waals surface area (Å²) in [6.45, 7) is 20.0. The van der Waals surface area contributed by atoms with E-state index in [9.17, 15) is 0 Å². The fourth-order valence-corrected chi connectivity index (χ4v) is 47.0. The fraction of sp³-hybridized carbons (Fsp3) is 0.500. The third-order valence-corrected chi connectivity index (χ3v) is 41.6. The SMILES string of the molecule is CC(C)[C]1([Hf]([C]2(C(C)C)C=CC=C2)([C]2(C(C)C)C=CC=C2)[C]2(C(C)C)C=CC=C2)C=CC=C1. The van der Waals surface area contributed by atoms with Crippen LogP contribution in [0.25, 0.3) is 0 Å². The second-order valence-electron chi connectivity index (χ2n) is 12.0. The molecule has 0 N–H and O–H groups in total. The Kier molecular flexibility index (Phi) is 6.39. The first kappa shape index (κ1) is 24.9. The summed E-state index contributed by atoms with van der Waals surface area (Å²) in [6.07, 6.45) is 40.3. The van der Waals surface area contributed by atoms with Gasteiger partial charge in [-0.3, -0.25) is 0 Å². The second kappa shape index (κ2) is 8.47. The molecule has 4 aliphatic carbocycles. The first-order valence-corrected chi connectivity index (χ1v) is 20.3. The van der Waals surface area contributed by atoms with Crippen LogP contribution < -0.4 is 0 Å². The predicted molar refractivity (Wildman–Crippen MR) is 143 cm³/mol. The molecule has 0 nitrogen and oxygen atoms in total. The van der Waals surface area contributed by atoms with E-state index in [2.05, 4.69) is 153 Å². The van der Waals surface area contributed by atoms with Crippen molar-refractivity contribution in [2.45, 2.75) is 68.1 Å². The molecule has 1 heteroatoms. The van der Waals surface area contributed by atoms with Crippen LogP contribution in [0.2, 0.25) is 12.7 Å². The molecule has 0 saturated heterocycles. The zero-order valence-electron chi connectivity index (χ0n) is 22.0. The zero-order valence-corrected chi connectivity index (χ0v) is 25.6. The number of hydrogen-bond donors (Lipinski definition) is 0. The summed E-state index contributed by atoms with van der Waals surface area (Å²) in [5.41, 5.74) is 0. The average molecular weight is 607 g/mol. The Labute approximate surface area is 208 Å². The Morgan fingerprint density at radius 3 is 0.606 bits per heavy atom. The molecule has 0 heterocycles. The van der Waals surface area contributed by atoms with Gasteiger partial charge >= 0.3 is 209 Å². The van der Waals surface area contributed by atoms with Crippen molar-refractivity contribution in [2.75, 3.05) is 0 Å². The van der Waals surface area contributed by atoms with Gasteiger partial charge in [0.15, 0.2) is 0 Å². The van der Waals surface area contributed by atoms with Crippen molar-refractivity contribution in [1.82, 2.24) is 0 Å². The van der Waals surface area contributed by atoms with Crippen molar-refractivity contribution in [3.05, 3.63) is 97.2 Å². The molecule has 0 radical (unpaired) electrons. The van der Waals surface area contributed by atoms with Gasteiger partial charge in [0.2, 0.25) is 0 Å². The minimum atomic E-state index is -4.06. The van der Waals surface area contributed by atoms with E-state index in [-0.39, 0.29) is 12.7 Å². The van der Waals surface area contributed by atoms with E-state index in [0.29, 0.717) is 23.7 Å². The van der Waals surface area contributed by atoms with Gasteiger partial charge in [-0.1, -0.05) is 0 Å². The van der Waals surface area contributed by atoms with Gasteiger partial charge in [0.1, 0.15) is 0 Å². The topological polar surface area (TPSA) is 0 Å². The monoisotopic (exact) mass is 608 g/mol. The molecule has 33 heavy (non-hydrogen) atoms. The van der Waals surface area contributed by atoms with Crippen LogP contribution >= 0.6 is 0 Å². The summed E-state index contributed by atoms with van der Waals surface area (Å²) < 4.78 is 0.345. The molecule has 0 fully saturated rings. The summed E-state index contributed by atoms with van der Waals surface area (Å²) in [4.78, 5) is 0. The zero-order chi connectivity index (χ0) is 24.1. The molecule has 0 spiro atoms. The van der Waals surface area contributed by atoms with Gasteiger partial charge in [0.25, 0.3) is 0 Å². The maximum absolute atomic E-state index is 4.06. The molecule has 176 valence electrons. The molecule has 4 aliphatic rings. The molecule has 0 bridgehead atoms. The average Bonchev–Trinajstić information content (AvgIpc) is 3.56. The van der Waals surface area contributed by atoms with Crippen LogP contribution in [-0.2, 0) is 20.0 Å². The summed E-state index contributed by atoms with van der Waals surface area (Å²) in [5.74, 6) is 2.12. The van der Waals surface area contributed by atoms with Crippen molar-refractivity contribution in [3.63, 3.8) is 0 Å². The van der Waals surface area contributed by atoms with Crippen molar-refractivity contribution in [3.8, 4) is 0 Å². The Hall–Kier alpha value is -1.21. The molecule has 0 aromatic rings. The molecule has 0 amide bonds. The van der Waals surface area contributed by atoms with Crippen LogP contribution in [0, 0.1) is 23.7 Å². The Balaban J connectivity index is 2.34. The molecule has 0 aromatic heterocycles. The molecule has 0 aliphatic heterocycles. The van der Waals surface area contributed by atoms with Gasteiger partial charge in [0, 0.05) is 0 Å². The molecular formula is C32H44Hf. The van der Waals surface area contributed by atoms with E-state index in [1.165, 1.54) is 0 Å². The number of hydrogen-bond acceptors (Lipinski definition) is 0. The molecule has 0 atom stereocenters. The Morgan fingerprint density at radius 2 is 0.485 bits per heavy atom. The van der Waals surface area contributed by atoms with Crippen LogP contribution in [0.1, 0.15) is 55.4 Å². The maximum atomic E-state index is 2.66. The van der Waals surface area contributed by atoms with Gasteiger partial charge in [-0.25, -0.2) is 0 Å². The molecule has 4 rings (SSSR count). The number of allylic oxidation sites excluding steroid dienone is 16. The minimum absolute atomic E-state index is 0.0862. The second-order valence-corrected chi connectivity index (χ2v) is 29.8. The van der Waals surface area contributed by atoms with E-state index in [0.717, 1.165) is 0 Å². The third-order valence-electron chi connectivity index (χ3n) is 9.84. The van der Waals surface area contributed by atoms with Gasteiger partial charge < -0.3 is 0 Å². The van der Waals surface area contributed by atoms with Gasteiger partial charge in [0.05, 0.1) is 0 Å². The van der Waals surface area contributed by atoms with Crippen LogP contribution in [0.4, 0.5) is 0 Å². The van der Waals surface area contributed by atoms with E-state index < -0.39 is 20.0 Å². The Morgan fingerprint density at radius 1 is 0.333 bits per heavy atom. The molecule has 0 aromatic carbocycles. The Bertz CT molecular complexity index is 786. The number of rotatable bonds is 8. The quantitative estimate of drug-likeness (QED) is 0.241. The molecule has 0 unspecified atom stereocenters. The first-order valence-electron chi connectivity index (χ1n) is 13.1. The van der Waals surface area contributed by atoms with Gasteiger partial charge in [-0.15, -0.1) is 0 Å². The predicted octanol–water partition coefficient (Wildman–Crippen LogP) is 9.90. The fourth-order valence-electron chi connectivity index (χ4n) is 8.46. The van der Waals surface area contributed by atoms with Crippen LogP contribution in [0.15, 0.2) is 97.2 Å². The van der Waals surface area contributed by atoms with E-state index in [1.54, 1.807) is 0 Å².